The lowest BCUT2D eigenvalue weighted by atomic mass is 9.88. The van der Waals surface area contributed by atoms with E-state index in [1.54, 1.807) is 7.11 Å². The van der Waals surface area contributed by atoms with Gasteiger partial charge in [0.2, 0.25) is 0 Å². The molecule has 2 aromatic carbocycles. The van der Waals surface area contributed by atoms with Crippen molar-refractivity contribution in [1.29, 1.82) is 0 Å². The van der Waals surface area contributed by atoms with Crippen molar-refractivity contribution >= 4 is 5.71 Å². The van der Waals surface area contributed by atoms with Gasteiger partial charge in [0.05, 0.1) is 13.0 Å². The molecule has 1 saturated heterocycles. The lowest BCUT2D eigenvalue weighted by Gasteiger charge is -2.27. The number of likely N-dealkylation sites (tertiary alicyclic amines) is 1. The lowest BCUT2D eigenvalue weighted by molar-refractivity contribution is -0.0340. The summed E-state index contributed by atoms with van der Waals surface area (Å²) in [6.45, 7) is 2.14. The van der Waals surface area contributed by atoms with Crippen LogP contribution in [0.3, 0.4) is 0 Å². The van der Waals surface area contributed by atoms with Crippen LogP contribution in [0.2, 0.25) is 0 Å². The zero-order valence-corrected chi connectivity index (χ0v) is 13.9. The standard InChI is InChI=1S/C20H22N2O2/c1-23-17-12-6-5-11-16(17)19-18(15-9-3-2-4-10-15)20(24-21-19)22-13-7-8-14-22/h2-6,9-12,18,20H,7-8,13-14H2,1H3/t18-,20-/m0/s1. The van der Waals surface area contributed by atoms with Crippen molar-refractivity contribution in [3.05, 3.63) is 65.7 Å². The van der Waals surface area contributed by atoms with E-state index in [1.165, 1.54) is 18.4 Å². The Morgan fingerprint density at radius 3 is 2.46 bits per heavy atom. The highest BCUT2D eigenvalue weighted by Crippen LogP contribution is 2.37. The Labute approximate surface area is 142 Å². The van der Waals surface area contributed by atoms with Crippen LogP contribution in [-0.4, -0.2) is 37.0 Å². The molecule has 2 atom stereocenters. The van der Waals surface area contributed by atoms with E-state index < -0.39 is 0 Å². The molecule has 0 saturated carbocycles. The van der Waals surface area contributed by atoms with Crippen LogP contribution < -0.4 is 4.74 Å². The Hall–Kier alpha value is -2.33. The molecule has 0 radical (unpaired) electrons. The summed E-state index contributed by atoms with van der Waals surface area (Å²) in [6.07, 6.45) is 2.42. The molecule has 2 aliphatic rings. The average molecular weight is 322 g/mol. The van der Waals surface area contributed by atoms with Crippen LogP contribution in [0.25, 0.3) is 0 Å². The fourth-order valence-electron chi connectivity index (χ4n) is 3.69. The lowest BCUT2D eigenvalue weighted by Crippen LogP contribution is -2.38. The smallest absolute Gasteiger partial charge is 0.193 e. The molecule has 2 aliphatic heterocycles. The number of oxime groups is 1. The number of hydrogen-bond acceptors (Lipinski definition) is 4. The Bertz CT molecular complexity index is 723. The van der Waals surface area contributed by atoms with Gasteiger partial charge in [-0.1, -0.05) is 47.6 Å². The second-order valence-corrected chi connectivity index (χ2v) is 6.30. The van der Waals surface area contributed by atoms with Crippen molar-refractivity contribution < 1.29 is 9.57 Å². The molecule has 0 N–H and O–H groups in total. The van der Waals surface area contributed by atoms with Gasteiger partial charge in [0.25, 0.3) is 0 Å². The molecule has 4 nitrogen and oxygen atoms in total. The van der Waals surface area contributed by atoms with Gasteiger partial charge in [-0.25, -0.2) is 0 Å². The van der Waals surface area contributed by atoms with Crippen molar-refractivity contribution in [3.8, 4) is 5.75 Å². The van der Waals surface area contributed by atoms with Gasteiger partial charge in [-0.05, 0) is 30.5 Å². The molecule has 2 heterocycles. The maximum absolute atomic E-state index is 5.93. The number of hydrogen-bond donors (Lipinski definition) is 0. The molecule has 0 amide bonds. The Balaban J connectivity index is 1.75. The second kappa shape index (κ2) is 6.65. The monoisotopic (exact) mass is 322 g/mol. The van der Waals surface area contributed by atoms with Gasteiger partial charge in [-0.3, -0.25) is 4.90 Å². The van der Waals surface area contributed by atoms with E-state index in [4.69, 9.17) is 9.57 Å². The van der Waals surface area contributed by atoms with Crippen molar-refractivity contribution in [2.24, 2.45) is 5.16 Å². The van der Waals surface area contributed by atoms with E-state index in [2.05, 4.69) is 40.4 Å². The highest BCUT2D eigenvalue weighted by molar-refractivity contribution is 6.08. The molecule has 0 spiro atoms. The first kappa shape index (κ1) is 15.2. The predicted molar refractivity (Wildman–Crippen MR) is 94.4 cm³/mol. The minimum Gasteiger partial charge on any atom is -0.496 e. The number of nitrogens with zero attached hydrogens (tertiary/aromatic N) is 2. The molecular formula is C20H22N2O2. The Morgan fingerprint density at radius 1 is 1.00 bits per heavy atom. The highest BCUT2D eigenvalue weighted by Gasteiger charge is 2.41. The molecule has 4 rings (SSSR count). The first-order chi connectivity index (χ1) is 11.9. The summed E-state index contributed by atoms with van der Waals surface area (Å²) in [6, 6.07) is 18.6. The minimum atomic E-state index is -0.0326. The largest absolute Gasteiger partial charge is 0.496 e. The van der Waals surface area contributed by atoms with Crippen molar-refractivity contribution in [2.45, 2.75) is 25.0 Å². The maximum atomic E-state index is 5.93. The zero-order valence-electron chi connectivity index (χ0n) is 13.9. The van der Waals surface area contributed by atoms with Gasteiger partial charge < -0.3 is 9.57 Å². The molecule has 0 aromatic heterocycles. The van der Waals surface area contributed by atoms with E-state index in [-0.39, 0.29) is 12.1 Å². The van der Waals surface area contributed by atoms with Crippen molar-refractivity contribution in [1.82, 2.24) is 4.90 Å². The third-order valence-electron chi connectivity index (χ3n) is 4.88. The van der Waals surface area contributed by atoms with Crippen molar-refractivity contribution in [2.75, 3.05) is 20.2 Å². The average Bonchev–Trinajstić information content (AvgIpc) is 3.31. The Morgan fingerprint density at radius 2 is 1.71 bits per heavy atom. The second-order valence-electron chi connectivity index (χ2n) is 6.30. The number of methoxy groups -OCH3 is 1. The van der Waals surface area contributed by atoms with Gasteiger partial charge in [-0.15, -0.1) is 0 Å². The van der Waals surface area contributed by atoms with E-state index in [0.717, 1.165) is 30.1 Å². The summed E-state index contributed by atoms with van der Waals surface area (Å²) in [4.78, 5) is 8.34. The topological polar surface area (TPSA) is 34.1 Å². The van der Waals surface area contributed by atoms with Crippen LogP contribution in [0, 0.1) is 0 Å². The van der Waals surface area contributed by atoms with Crippen LogP contribution in [0.4, 0.5) is 0 Å². The molecular weight excluding hydrogens is 300 g/mol. The van der Waals surface area contributed by atoms with E-state index in [9.17, 15) is 0 Å². The third kappa shape index (κ3) is 2.67. The van der Waals surface area contributed by atoms with Crippen LogP contribution in [-0.2, 0) is 4.84 Å². The first-order valence-electron chi connectivity index (χ1n) is 8.54. The quantitative estimate of drug-likeness (QED) is 0.862. The molecule has 0 bridgehead atoms. The number of para-hydroxylation sites is 1. The summed E-state index contributed by atoms with van der Waals surface area (Å²) in [7, 11) is 1.70. The summed E-state index contributed by atoms with van der Waals surface area (Å²) in [5, 5.41) is 4.49. The highest BCUT2D eigenvalue weighted by atomic mass is 16.7. The number of rotatable bonds is 4. The number of benzene rings is 2. The van der Waals surface area contributed by atoms with E-state index >= 15 is 0 Å². The molecule has 4 heteroatoms. The molecule has 0 unspecified atom stereocenters. The maximum Gasteiger partial charge on any atom is 0.193 e. The molecule has 2 aromatic rings. The summed E-state index contributed by atoms with van der Waals surface area (Å²) < 4.78 is 5.55. The summed E-state index contributed by atoms with van der Waals surface area (Å²) >= 11 is 0. The summed E-state index contributed by atoms with van der Waals surface area (Å²) in [5.74, 6) is 0.934. The van der Waals surface area contributed by atoms with Gasteiger partial charge >= 0.3 is 0 Å². The minimum absolute atomic E-state index is 0.0326. The fraction of sp³-hybridized carbons (Fsp3) is 0.350. The zero-order chi connectivity index (χ0) is 16.4. The molecule has 0 aliphatic carbocycles. The van der Waals surface area contributed by atoms with Gasteiger partial charge in [0, 0.05) is 18.7 Å². The first-order valence-corrected chi connectivity index (χ1v) is 8.54. The Kier molecular flexibility index (Phi) is 4.22. The van der Waals surface area contributed by atoms with Gasteiger partial charge in [-0.2, -0.15) is 0 Å². The fourth-order valence-corrected chi connectivity index (χ4v) is 3.69. The normalized spacial score (nSPS) is 23.8. The molecule has 124 valence electrons. The van der Waals surface area contributed by atoms with E-state index in [1.807, 2.05) is 24.3 Å². The van der Waals surface area contributed by atoms with Gasteiger partial charge in [0.1, 0.15) is 11.5 Å². The van der Waals surface area contributed by atoms with E-state index in [0.29, 0.717) is 0 Å². The van der Waals surface area contributed by atoms with Crippen LogP contribution in [0.5, 0.6) is 5.75 Å². The SMILES string of the molecule is COc1ccccc1C1=NO[C@H](N2CCCC2)[C@H]1c1ccccc1. The molecule has 1 fully saturated rings. The number of ether oxygens (including phenoxy) is 1. The van der Waals surface area contributed by atoms with Crippen LogP contribution in [0.15, 0.2) is 59.8 Å². The summed E-state index contributed by atoms with van der Waals surface area (Å²) in [5.41, 5.74) is 3.20. The molecule has 24 heavy (non-hydrogen) atoms. The third-order valence-corrected chi connectivity index (χ3v) is 4.88. The van der Waals surface area contributed by atoms with Crippen molar-refractivity contribution in [3.63, 3.8) is 0 Å². The van der Waals surface area contributed by atoms with Crippen LogP contribution in [0.1, 0.15) is 29.9 Å². The predicted octanol–water partition coefficient (Wildman–Crippen LogP) is 3.64. The van der Waals surface area contributed by atoms with Crippen LogP contribution >= 0.6 is 0 Å². The van der Waals surface area contributed by atoms with Gasteiger partial charge in [0.15, 0.2) is 6.23 Å².